The molecule has 5 heteroatoms. The summed E-state index contributed by atoms with van der Waals surface area (Å²) in [7, 11) is 0. The van der Waals surface area contributed by atoms with E-state index in [2.05, 4.69) is 9.97 Å². The SMILES string of the molecule is O=C(O)Cc1ccc2nc(C3CCOCC3)[nH]c2c1. The number of hydrogen-bond donors (Lipinski definition) is 2. The van der Waals surface area contributed by atoms with Gasteiger partial charge < -0.3 is 14.8 Å². The second kappa shape index (κ2) is 5.01. The molecule has 1 aromatic heterocycles. The lowest BCUT2D eigenvalue weighted by molar-refractivity contribution is -0.136. The molecule has 1 aromatic carbocycles. The summed E-state index contributed by atoms with van der Waals surface area (Å²) in [6.45, 7) is 1.57. The number of carbonyl (C=O) groups is 1. The van der Waals surface area contributed by atoms with Gasteiger partial charge in [0.05, 0.1) is 17.5 Å². The third-order valence-electron chi connectivity index (χ3n) is 3.53. The molecule has 0 unspecified atom stereocenters. The molecule has 2 aromatic rings. The minimum Gasteiger partial charge on any atom is -0.481 e. The molecule has 1 aliphatic rings. The molecule has 0 amide bonds. The quantitative estimate of drug-likeness (QED) is 0.886. The van der Waals surface area contributed by atoms with Gasteiger partial charge in [0.1, 0.15) is 5.82 Å². The maximum absolute atomic E-state index is 10.7. The van der Waals surface area contributed by atoms with Crippen molar-refractivity contribution >= 4 is 17.0 Å². The average Bonchev–Trinajstić information content (AvgIpc) is 2.82. The van der Waals surface area contributed by atoms with Crippen molar-refractivity contribution in [3.05, 3.63) is 29.6 Å². The summed E-state index contributed by atoms with van der Waals surface area (Å²) < 4.78 is 5.35. The van der Waals surface area contributed by atoms with Gasteiger partial charge in [0.2, 0.25) is 0 Å². The molecule has 2 heterocycles. The van der Waals surface area contributed by atoms with E-state index in [0.717, 1.165) is 48.5 Å². The summed E-state index contributed by atoms with van der Waals surface area (Å²) in [6.07, 6.45) is 2.02. The number of aromatic nitrogens is 2. The van der Waals surface area contributed by atoms with E-state index in [4.69, 9.17) is 9.84 Å². The first-order chi connectivity index (χ1) is 9.22. The fourth-order valence-corrected chi connectivity index (χ4v) is 2.53. The Hall–Kier alpha value is -1.88. The van der Waals surface area contributed by atoms with E-state index in [-0.39, 0.29) is 6.42 Å². The molecule has 0 radical (unpaired) electrons. The zero-order valence-corrected chi connectivity index (χ0v) is 10.6. The van der Waals surface area contributed by atoms with Crippen LogP contribution >= 0.6 is 0 Å². The predicted molar refractivity (Wildman–Crippen MR) is 70.2 cm³/mol. The molecule has 1 saturated heterocycles. The van der Waals surface area contributed by atoms with Gasteiger partial charge >= 0.3 is 5.97 Å². The molecular weight excluding hydrogens is 244 g/mol. The molecule has 0 saturated carbocycles. The molecule has 100 valence electrons. The van der Waals surface area contributed by atoms with Crippen LogP contribution in [-0.4, -0.2) is 34.3 Å². The van der Waals surface area contributed by atoms with Crippen LogP contribution in [0, 0.1) is 0 Å². The summed E-state index contributed by atoms with van der Waals surface area (Å²) in [5.74, 6) is 0.596. The van der Waals surface area contributed by atoms with Gasteiger partial charge in [-0.15, -0.1) is 0 Å². The second-order valence-corrected chi connectivity index (χ2v) is 4.93. The zero-order valence-electron chi connectivity index (χ0n) is 10.6. The first kappa shape index (κ1) is 12.2. The minimum atomic E-state index is -0.816. The largest absolute Gasteiger partial charge is 0.481 e. The third-order valence-corrected chi connectivity index (χ3v) is 3.53. The van der Waals surface area contributed by atoms with Crippen molar-refractivity contribution in [3.63, 3.8) is 0 Å². The summed E-state index contributed by atoms with van der Waals surface area (Å²) in [4.78, 5) is 18.6. The van der Waals surface area contributed by atoms with Gasteiger partial charge in [-0.05, 0) is 30.5 Å². The molecule has 0 aliphatic carbocycles. The summed E-state index contributed by atoms with van der Waals surface area (Å²) in [5, 5.41) is 8.81. The Morgan fingerprint density at radius 3 is 2.95 bits per heavy atom. The molecule has 3 rings (SSSR count). The number of H-pyrrole nitrogens is 1. The van der Waals surface area contributed by atoms with Crippen LogP contribution in [0.3, 0.4) is 0 Å². The van der Waals surface area contributed by atoms with Gasteiger partial charge in [0.25, 0.3) is 0 Å². The van der Waals surface area contributed by atoms with E-state index in [1.165, 1.54) is 0 Å². The van der Waals surface area contributed by atoms with Gasteiger partial charge in [-0.25, -0.2) is 4.98 Å². The van der Waals surface area contributed by atoms with E-state index < -0.39 is 5.97 Å². The lowest BCUT2D eigenvalue weighted by atomic mass is 10.00. The number of rotatable bonds is 3. The van der Waals surface area contributed by atoms with Crippen LogP contribution in [0.5, 0.6) is 0 Å². The number of hydrogen-bond acceptors (Lipinski definition) is 3. The van der Waals surface area contributed by atoms with Crippen molar-refractivity contribution in [2.75, 3.05) is 13.2 Å². The summed E-state index contributed by atoms with van der Waals surface area (Å²) in [5.41, 5.74) is 2.61. The number of ether oxygens (including phenoxy) is 1. The van der Waals surface area contributed by atoms with Gasteiger partial charge in [-0.2, -0.15) is 0 Å². The van der Waals surface area contributed by atoms with E-state index in [9.17, 15) is 4.79 Å². The molecule has 0 spiro atoms. The average molecular weight is 260 g/mol. The summed E-state index contributed by atoms with van der Waals surface area (Å²) >= 11 is 0. The van der Waals surface area contributed by atoms with Crippen molar-refractivity contribution in [3.8, 4) is 0 Å². The molecule has 5 nitrogen and oxygen atoms in total. The van der Waals surface area contributed by atoms with Gasteiger partial charge in [0, 0.05) is 19.1 Å². The number of aliphatic carboxylic acids is 1. The molecule has 1 aliphatic heterocycles. The number of carboxylic acids is 1. The Balaban J connectivity index is 1.89. The highest BCUT2D eigenvalue weighted by Crippen LogP contribution is 2.26. The Labute approximate surface area is 110 Å². The maximum atomic E-state index is 10.7. The molecule has 0 bridgehead atoms. The van der Waals surface area contributed by atoms with Crippen molar-refractivity contribution in [1.29, 1.82) is 0 Å². The van der Waals surface area contributed by atoms with E-state index in [1.54, 1.807) is 0 Å². The Kier molecular flexibility index (Phi) is 3.21. The molecule has 2 N–H and O–H groups in total. The smallest absolute Gasteiger partial charge is 0.307 e. The normalized spacial score (nSPS) is 16.8. The third kappa shape index (κ3) is 2.61. The van der Waals surface area contributed by atoms with Crippen LogP contribution in [0.1, 0.15) is 30.1 Å². The topological polar surface area (TPSA) is 75.2 Å². The number of aromatic amines is 1. The van der Waals surface area contributed by atoms with Crippen molar-refractivity contribution < 1.29 is 14.6 Å². The Morgan fingerprint density at radius 1 is 1.42 bits per heavy atom. The van der Waals surface area contributed by atoms with Crippen LogP contribution in [0.15, 0.2) is 18.2 Å². The van der Waals surface area contributed by atoms with Gasteiger partial charge in [-0.3, -0.25) is 4.79 Å². The standard InChI is InChI=1S/C14H16N2O3/c17-13(18)8-9-1-2-11-12(7-9)16-14(15-11)10-3-5-19-6-4-10/h1-2,7,10H,3-6,8H2,(H,15,16)(H,17,18). The van der Waals surface area contributed by atoms with Crippen LogP contribution in [-0.2, 0) is 16.0 Å². The first-order valence-electron chi connectivity index (χ1n) is 6.50. The highest BCUT2D eigenvalue weighted by Gasteiger charge is 2.19. The number of benzene rings is 1. The Bertz CT molecular complexity index is 600. The second-order valence-electron chi connectivity index (χ2n) is 4.93. The number of carboxylic acid groups (broad SMARTS) is 1. The van der Waals surface area contributed by atoms with Crippen LogP contribution in [0.4, 0.5) is 0 Å². The van der Waals surface area contributed by atoms with Crippen molar-refractivity contribution in [2.24, 2.45) is 0 Å². The highest BCUT2D eigenvalue weighted by molar-refractivity contribution is 5.78. The molecule has 0 atom stereocenters. The van der Waals surface area contributed by atoms with E-state index in [0.29, 0.717) is 5.92 Å². The van der Waals surface area contributed by atoms with Crippen molar-refractivity contribution in [2.45, 2.75) is 25.2 Å². The highest BCUT2D eigenvalue weighted by atomic mass is 16.5. The zero-order chi connectivity index (χ0) is 13.2. The molecule has 19 heavy (non-hydrogen) atoms. The number of nitrogens with one attached hydrogen (secondary N) is 1. The molecular formula is C14H16N2O3. The van der Waals surface area contributed by atoms with Crippen LogP contribution < -0.4 is 0 Å². The van der Waals surface area contributed by atoms with Crippen LogP contribution in [0.25, 0.3) is 11.0 Å². The number of nitrogens with zero attached hydrogens (tertiary/aromatic N) is 1. The fourth-order valence-electron chi connectivity index (χ4n) is 2.53. The van der Waals surface area contributed by atoms with Gasteiger partial charge in [0.15, 0.2) is 0 Å². The minimum absolute atomic E-state index is 0.0432. The predicted octanol–water partition coefficient (Wildman–Crippen LogP) is 2.08. The van der Waals surface area contributed by atoms with Crippen molar-refractivity contribution in [1.82, 2.24) is 9.97 Å². The lowest BCUT2D eigenvalue weighted by Crippen LogP contribution is -2.15. The monoisotopic (exact) mass is 260 g/mol. The first-order valence-corrected chi connectivity index (χ1v) is 6.50. The summed E-state index contributed by atoms with van der Waals surface area (Å²) in [6, 6.07) is 5.58. The van der Waals surface area contributed by atoms with Crippen LogP contribution in [0.2, 0.25) is 0 Å². The molecule has 1 fully saturated rings. The Morgan fingerprint density at radius 2 is 2.21 bits per heavy atom. The van der Waals surface area contributed by atoms with E-state index in [1.807, 2.05) is 18.2 Å². The number of imidazole rings is 1. The maximum Gasteiger partial charge on any atom is 0.307 e. The van der Waals surface area contributed by atoms with Gasteiger partial charge in [-0.1, -0.05) is 6.07 Å². The van der Waals surface area contributed by atoms with E-state index >= 15 is 0 Å². The number of fused-ring (bicyclic) bond motifs is 1. The lowest BCUT2D eigenvalue weighted by Gasteiger charge is -2.19. The fraction of sp³-hybridized carbons (Fsp3) is 0.429.